The van der Waals surface area contributed by atoms with Crippen molar-refractivity contribution in [3.8, 4) is 0 Å². The fraction of sp³-hybridized carbons (Fsp3) is 0.231. The molecule has 18 heavy (non-hydrogen) atoms. The maximum atomic E-state index is 10.6. The molecule has 94 valence electrons. The molecule has 0 saturated heterocycles. The molecule has 2 rings (SSSR count). The second-order valence-electron chi connectivity index (χ2n) is 4.08. The molecule has 0 bridgehead atoms. The lowest BCUT2D eigenvalue weighted by Crippen LogP contribution is -2.13. The van der Waals surface area contributed by atoms with Gasteiger partial charge in [0.25, 0.3) is 0 Å². The number of aliphatic carboxylic acids is 1. The summed E-state index contributed by atoms with van der Waals surface area (Å²) in [5.74, 6) is -0.846. The zero-order chi connectivity index (χ0) is 13.1. The smallest absolute Gasteiger partial charge is 0.303 e. The van der Waals surface area contributed by atoms with Gasteiger partial charge in [-0.2, -0.15) is 0 Å². The van der Waals surface area contributed by atoms with Crippen LogP contribution in [-0.2, 0) is 4.79 Å². The number of halogens is 1. The van der Waals surface area contributed by atoms with Crippen molar-refractivity contribution in [2.24, 2.45) is 5.73 Å². The topological polar surface area (TPSA) is 76.2 Å². The maximum absolute atomic E-state index is 10.6. The molecule has 1 unspecified atom stereocenters. The van der Waals surface area contributed by atoms with Gasteiger partial charge >= 0.3 is 5.97 Å². The molecule has 0 aliphatic rings. The summed E-state index contributed by atoms with van der Waals surface area (Å²) >= 11 is 6.06. The minimum Gasteiger partial charge on any atom is -0.481 e. The summed E-state index contributed by atoms with van der Waals surface area (Å²) in [6.07, 6.45) is 2.08. The normalized spacial score (nSPS) is 12.6. The standard InChI is InChI=1S/C13H13ClN2O2/c14-10-3-1-2-9-8(6-7-16-13(9)10)11(15)4-5-12(17)18/h1-3,6-7,11H,4-5,15H2,(H,17,18). The summed E-state index contributed by atoms with van der Waals surface area (Å²) in [5.41, 5.74) is 7.60. The van der Waals surface area contributed by atoms with Crippen molar-refractivity contribution in [1.29, 1.82) is 0 Å². The van der Waals surface area contributed by atoms with E-state index in [2.05, 4.69) is 4.98 Å². The highest BCUT2D eigenvalue weighted by molar-refractivity contribution is 6.35. The Balaban J connectivity index is 2.38. The number of nitrogens with zero attached hydrogens (tertiary/aromatic N) is 1. The van der Waals surface area contributed by atoms with Gasteiger partial charge in [0.15, 0.2) is 0 Å². The first-order chi connectivity index (χ1) is 8.59. The van der Waals surface area contributed by atoms with E-state index in [4.69, 9.17) is 22.4 Å². The van der Waals surface area contributed by atoms with Crippen LogP contribution >= 0.6 is 11.6 Å². The number of nitrogens with two attached hydrogens (primary N) is 1. The molecule has 1 aromatic heterocycles. The highest BCUT2D eigenvalue weighted by atomic mass is 35.5. The van der Waals surface area contributed by atoms with Crippen LogP contribution in [0, 0.1) is 0 Å². The molecule has 0 radical (unpaired) electrons. The molecule has 1 aromatic carbocycles. The van der Waals surface area contributed by atoms with E-state index < -0.39 is 5.97 Å². The summed E-state index contributed by atoms with van der Waals surface area (Å²) in [6, 6.07) is 6.98. The molecule has 1 atom stereocenters. The Morgan fingerprint density at radius 1 is 1.44 bits per heavy atom. The van der Waals surface area contributed by atoms with Crippen LogP contribution in [0.15, 0.2) is 30.5 Å². The van der Waals surface area contributed by atoms with Crippen LogP contribution in [-0.4, -0.2) is 16.1 Å². The van der Waals surface area contributed by atoms with E-state index in [0.29, 0.717) is 17.0 Å². The van der Waals surface area contributed by atoms with Crippen molar-refractivity contribution >= 4 is 28.5 Å². The average Bonchev–Trinajstić information content (AvgIpc) is 2.36. The molecule has 0 spiro atoms. The number of carbonyl (C=O) groups is 1. The number of rotatable bonds is 4. The van der Waals surface area contributed by atoms with Gasteiger partial charge in [0.1, 0.15) is 0 Å². The number of carboxylic acid groups (broad SMARTS) is 1. The van der Waals surface area contributed by atoms with Crippen LogP contribution in [0.4, 0.5) is 0 Å². The summed E-state index contributed by atoms with van der Waals surface area (Å²) in [5, 5.41) is 10.1. The largest absolute Gasteiger partial charge is 0.481 e. The van der Waals surface area contributed by atoms with Gasteiger partial charge in [0.05, 0.1) is 10.5 Å². The number of pyridine rings is 1. The van der Waals surface area contributed by atoms with Crippen molar-refractivity contribution in [1.82, 2.24) is 4.98 Å². The van der Waals surface area contributed by atoms with E-state index in [0.717, 1.165) is 10.9 Å². The molecule has 0 amide bonds. The lowest BCUT2D eigenvalue weighted by atomic mass is 9.99. The number of aromatic nitrogens is 1. The Morgan fingerprint density at radius 3 is 2.94 bits per heavy atom. The van der Waals surface area contributed by atoms with Gasteiger partial charge in [-0.25, -0.2) is 0 Å². The molecule has 0 saturated carbocycles. The average molecular weight is 265 g/mol. The minimum absolute atomic E-state index is 0.0472. The second-order valence-corrected chi connectivity index (χ2v) is 4.48. The number of hydrogen-bond donors (Lipinski definition) is 2. The Hall–Kier alpha value is -1.65. The Labute approximate surface area is 109 Å². The Morgan fingerprint density at radius 2 is 2.22 bits per heavy atom. The molecule has 5 heteroatoms. The predicted octanol–water partition coefficient (Wildman–Crippen LogP) is 2.75. The fourth-order valence-electron chi connectivity index (χ4n) is 1.92. The summed E-state index contributed by atoms with van der Waals surface area (Å²) in [7, 11) is 0. The van der Waals surface area contributed by atoms with Crippen LogP contribution in [0.1, 0.15) is 24.4 Å². The quantitative estimate of drug-likeness (QED) is 0.890. The van der Waals surface area contributed by atoms with Gasteiger partial charge in [-0.1, -0.05) is 23.7 Å². The molecule has 0 aliphatic heterocycles. The Bertz CT molecular complexity index is 586. The first-order valence-electron chi connectivity index (χ1n) is 5.60. The third-order valence-electron chi connectivity index (χ3n) is 2.82. The highest BCUT2D eigenvalue weighted by Gasteiger charge is 2.13. The van der Waals surface area contributed by atoms with Crippen LogP contribution in [0.3, 0.4) is 0 Å². The van der Waals surface area contributed by atoms with Gasteiger partial charge < -0.3 is 10.8 Å². The third-order valence-corrected chi connectivity index (χ3v) is 3.13. The molecule has 3 N–H and O–H groups in total. The minimum atomic E-state index is -0.846. The highest BCUT2D eigenvalue weighted by Crippen LogP contribution is 2.28. The maximum Gasteiger partial charge on any atom is 0.303 e. The van der Waals surface area contributed by atoms with E-state index in [1.54, 1.807) is 12.3 Å². The first-order valence-corrected chi connectivity index (χ1v) is 5.98. The van der Waals surface area contributed by atoms with Gasteiger partial charge in [0.2, 0.25) is 0 Å². The Kier molecular flexibility index (Phi) is 3.79. The molecular formula is C13H13ClN2O2. The number of carboxylic acids is 1. The van der Waals surface area contributed by atoms with E-state index in [9.17, 15) is 4.79 Å². The first kappa shape index (κ1) is 12.8. The molecule has 2 aromatic rings. The molecule has 0 fully saturated rings. The number of hydrogen-bond acceptors (Lipinski definition) is 3. The monoisotopic (exact) mass is 264 g/mol. The van der Waals surface area contributed by atoms with Crippen LogP contribution in [0.5, 0.6) is 0 Å². The molecular weight excluding hydrogens is 252 g/mol. The van der Waals surface area contributed by atoms with Crippen molar-refractivity contribution in [3.05, 3.63) is 41.0 Å². The van der Waals surface area contributed by atoms with Gasteiger partial charge in [-0.15, -0.1) is 0 Å². The second kappa shape index (κ2) is 5.33. The van der Waals surface area contributed by atoms with E-state index in [-0.39, 0.29) is 12.5 Å². The van der Waals surface area contributed by atoms with Gasteiger partial charge in [0, 0.05) is 24.0 Å². The van der Waals surface area contributed by atoms with Crippen LogP contribution < -0.4 is 5.73 Å². The number of benzene rings is 1. The summed E-state index contributed by atoms with van der Waals surface area (Å²) < 4.78 is 0. The molecule has 0 aliphatic carbocycles. The van der Waals surface area contributed by atoms with Crippen molar-refractivity contribution in [2.75, 3.05) is 0 Å². The van der Waals surface area contributed by atoms with Gasteiger partial charge in [-0.05, 0) is 24.1 Å². The van der Waals surface area contributed by atoms with Crippen LogP contribution in [0.2, 0.25) is 5.02 Å². The zero-order valence-corrected chi connectivity index (χ0v) is 10.4. The summed E-state index contributed by atoms with van der Waals surface area (Å²) in [6.45, 7) is 0. The number of fused-ring (bicyclic) bond motifs is 1. The predicted molar refractivity (Wildman–Crippen MR) is 70.6 cm³/mol. The SMILES string of the molecule is NC(CCC(=O)O)c1ccnc2c(Cl)cccc12. The third kappa shape index (κ3) is 2.60. The fourth-order valence-corrected chi connectivity index (χ4v) is 2.14. The lowest BCUT2D eigenvalue weighted by Gasteiger charge is -2.13. The zero-order valence-electron chi connectivity index (χ0n) is 9.64. The molecule has 1 heterocycles. The van der Waals surface area contributed by atoms with Gasteiger partial charge in [-0.3, -0.25) is 9.78 Å². The summed E-state index contributed by atoms with van der Waals surface area (Å²) in [4.78, 5) is 14.8. The van der Waals surface area contributed by atoms with E-state index in [1.165, 1.54) is 0 Å². The molecule has 4 nitrogen and oxygen atoms in total. The van der Waals surface area contributed by atoms with Crippen molar-refractivity contribution < 1.29 is 9.90 Å². The number of para-hydroxylation sites is 1. The van der Waals surface area contributed by atoms with E-state index in [1.807, 2.05) is 18.2 Å². The lowest BCUT2D eigenvalue weighted by molar-refractivity contribution is -0.137. The van der Waals surface area contributed by atoms with Crippen molar-refractivity contribution in [2.45, 2.75) is 18.9 Å². The van der Waals surface area contributed by atoms with E-state index >= 15 is 0 Å². The van der Waals surface area contributed by atoms with Crippen molar-refractivity contribution in [3.63, 3.8) is 0 Å². The van der Waals surface area contributed by atoms with Crippen LogP contribution in [0.25, 0.3) is 10.9 Å².